The van der Waals surface area contributed by atoms with Gasteiger partial charge in [-0.3, -0.25) is 4.79 Å². The number of carbonyl (C=O) groups excluding carboxylic acids is 1. The van der Waals surface area contributed by atoms with Crippen molar-refractivity contribution in [3.8, 4) is 0 Å². The first-order valence-electron chi connectivity index (χ1n) is 5.06. The smallest absolute Gasteiger partial charge is 0.338 e. The molecular formula is C12H13ClO4. The number of aliphatic carboxylic acids is 1. The molecular weight excluding hydrogens is 244 g/mol. The van der Waals surface area contributed by atoms with E-state index in [0.29, 0.717) is 17.5 Å². The van der Waals surface area contributed by atoms with Gasteiger partial charge in [-0.2, -0.15) is 0 Å². The maximum atomic E-state index is 11.5. The molecule has 0 heterocycles. The Hall–Kier alpha value is -1.55. The van der Waals surface area contributed by atoms with Crippen molar-refractivity contribution in [3.05, 3.63) is 34.9 Å². The number of rotatable bonds is 5. The molecule has 1 aromatic carbocycles. The summed E-state index contributed by atoms with van der Waals surface area (Å²) in [4.78, 5) is 21.9. The summed E-state index contributed by atoms with van der Waals surface area (Å²) in [6.07, 6.45) is 0.405. The maximum absolute atomic E-state index is 11.5. The van der Waals surface area contributed by atoms with Crippen molar-refractivity contribution in [2.24, 2.45) is 0 Å². The predicted molar refractivity (Wildman–Crippen MR) is 63.3 cm³/mol. The van der Waals surface area contributed by atoms with Gasteiger partial charge >= 0.3 is 11.9 Å². The van der Waals surface area contributed by atoms with Gasteiger partial charge in [0.1, 0.15) is 0 Å². The number of hydrogen-bond acceptors (Lipinski definition) is 3. The molecule has 0 atom stereocenters. The standard InChI is InChI=1S/C12H13ClO4/c1-17-12(16)10-6-8(3-5-11(14)15)2-4-9(10)7-13/h2,4,6H,3,5,7H2,1H3,(H,14,15). The summed E-state index contributed by atoms with van der Waals surface area (Å²) in [7, 11) is 1.30. The van der Waals surface area contributed by atoms with Crippen molar-refractivity contribution < 1.29 is 19.4 Å². The third-order valence-corrected chi connectivity index (χ3v) is 2.64. The van der Waals surface area contributed by atoms with Crippen LogP contribution in [0.3, 0.4) is 0 Å². The number of carboxylic acids is 1. The molecule has 0 radical (unpaired) electrons. The lowest BCUT2D eigenvalue weighted by Gasteiger charge is -2.07. The van der Waals surface area contributed by atoms with Gasteiger partial charge in [0.2, 0.25) is 0 Å². The Morgan fingerprint density at radius 3 is 2.65 bits per heavy atom. The van der Waals surface area contributed by atoms with Crippen molar-refractivity contribution in [2.45, 2.75) is 18.7 Å². The van der Waals surface area contributed by atoms with Gasteiger partial charge in [0.05, 0.1) is 12.7 Å². The Balaban J connectivity index is 2.96. The molecule has 0 amide bonds. The fourth-order valence-corrected chi connectivity index (χ4v) is 1.68. The molecule has 0 aliphatic carbocycles. The second-order valence-electron chi connectivity index (χ2n) is 3.51. The maximum Gasteiger partial charge on any atom is 0.338 e. The van der Waals surface area contributed by atoms with E-state index in [0.717, 1.165) is 5.56 Å². The molecule has 5 heteroatoms. The molecule has 0 aromatic heterocycles. The van der Waals surface area contributed by atoms with Gasteiger partial charge in [-0.1, -0.05) is 12.1 Å². The zero-order chi connectivity index (χ0) is 12.8. The zero-order valence-corrected chi connectivity index (χ0v) is 10.2. The van der Waals surface area contributed by atoms with E-state index < -0.39 is 11.9 Å². The van der Waals surface area contributed by atoms with Crippen LogP contribution in [0.4, 0.5) is 0 Å². The summed E-state index contributed by atoms with van der Waals surface area (Å²) in [5.41, 5.74) is 1.85. The predicted octanol–water partition coefficient (Wildman–Crippen LogP) is 2.23. The molecule has 0 unspecified atom stereocenters. The van der Waals surface area contributed by atoms with Crippen molar-refractivity contribution in [1.82, 2.24) is 0 Å². The van der Waals surface area contributed by atoms with E-state index in [9.17, 15) is 9.59 Å². The van der Waals surface area contributed by atoms with Crippen LogP contribution in [0.1, 0.15) is 27.9 Å². The van der Waals surface area contributed by atoms with Crippen LogP contribution >= 0.6 is 11.6 Å². The molecule has 0 saturated heterocycles. The lowest BCUT2D eigenvalue weighted by molar-refractivity contribution is -0.136. The highest BCUT2D eigenvalue weighted by molar-refractivity contribution is 6.17. The highest BCUT2D eigenvalue weighted by Crippen LogP contribution is 2.16. The molecule has 92 valence electrons. The molecule has 0 saturated carbocycles. The molecule has 1 N–H and O–H groups in total. The quantitative estimate of drug-likeness (QED) is 0.648. The van der Waals surface area contributed by atoms with Crippen molar-refractivity contribution in [2.75, 3.05) is 7.11 Å². The van der Waals surface area contributed by atoms with Crippen LogP contribution in [0.2, 0.25) is 0 Å². The Labute approximate surface area is 104 Å². The lowest BCUT2D eigenvalue weighted by atomic mass is 10.0. The number of hydrogen-bond donors (Lipinski definition) is 1. The van der Waals surface area contributed by atoms with Gasteiger partial charge in [-0.15, -0.1) is 11.6 Å². The minimum atomic E-state index is -0.869. The lowest BCUT2D eigenvalue weighted by Crippen LogP contribution is -2.06. The summed E-state index contributed by atoms with van der Waals surface area (Å²) < 4.78 is 4.65. The third kappa shape index (κ3) is 3.75. The largest absolute Gasteiger partial charge is 0.481 e. The van der Waals surface area contributed by atoms with Crippen LogP contribution < -0.4 is 0 Å². The first-order valence-corrected chi connectivity index (χ1v) is 5.59. The van der Waals surface area contributed by atoms with Crippen molar-refractivity contribution in [3.63, 3.8) is 0 Å². The Bertz CT molecular complexity index is 429. The molecule has 1 rings (SSSR count). The average Bonchev–Trinajstić information content (AvgIpc) is 2.34. The van der Waals surface area contributed by atoms with Gasteiger partial charge in [-0.25, -0.2) is 4.79 Å². The van der Waals surface area contributed by atoms with Crippen LogP contribution in [0.5, 0.6) is 0 Å². The van der Waals surface area contributed by atoms with E-state index in [2.05, 4.69) is 4.74 Å². The number of alkyl halides is 1. The average molecular weight is 257 g/mol. The molecule has 17 heavy (non-hydrogen) atoms. The Morgan fingerprint density at radius 2 is 2.12 bits per heavy atom. The van der Waals surface area contributed by atoms with E-state index in [1.54, 1.807) is 18.2 Å². The van der Waals surface area contributed by atoms with Gasteiger partial charge in [0.25, 0.3) is 0 Å². The van der Waals surface area contributed by atoms with Crippen LogP contribution in [-0.2, 0) is 21.8 Å². The van der Waals surface area contributed by atoms with Crippen molar-refractivity contribution >= 4 is 23.5 Å². The molecule has 4 nitrogen and oxygen atoms in total. The van der Waals surface area contributed by atoms with Gasteiger partial charge < -0.3 is 9.84 Å². The topological polar surface area (TPSA) is 63.6 Å². The molecule has 1 aromatic rings. The normalized spacial score (nSPS) is 10.0. The summed E-state index contributed by atoms with van der Waals surface area (Å²) in [6, 6.07) is 5.12. The number of benzene rings is 1. The van der Waals surface area contributed by atoms with Gasteiger partial charge in [0.15, 0.2) is 0 Å². The summed E-state index contributed by atoms with van der Waals surface area (Å²) >= 11 is 5.71. The third-order valence-electron chi connectivity index (χ3n) is 2.35. The fraction of sp³-hybridized carbons (Fsp3) is 0.333. The van der Waals surface area contributed by atoms with Crippen LogP contribution in [0, 0.1) is 0 Å². The Kier molecular flexibility index (Phi) is 4.97. The van der Waals surface area contributed by atoms with Crippen LogP contribution in [0.25, 0.3) is 0 Å². The van der Waals surface area contributed by atoms with Gasteiger partial charge in [-0.05, 0) is 23.6 Å². The Morgan fingerprint density at radius 1 is 1.41 bits per heavy atom. The summed E-state index contributed by atoms with van der Waals surface area (Å²) in [5, 5.41) is 8.59. The molecule has 0 fully saturated rings. The van der Waals surface area contributed by atoms with E-state index in [1.807, 2.05) is 0 Å². The first kappa shape index (κ1) is 13.5. The number of methoxy groups -OCH3 is 1. The number of carbonyl (C=O) groups is 2. The number of esters is 1. The zero-order valence-electron chi connectivity index (χ0n) is 9.40. The fourth-order valence-electron chi connectivity index (χ4n) is 1.45. The molecule has 0 spiro atoms. The van der Waals surface area contributed by atoms with E-state index in [4.69, 9.17) is 16.7 Å². The second kappa shape index (κ2) is 6.25. The van der Waals surface area contributed by atoms with Crippen LogP contribution in [-0.4, -0.2) is 24.2 Å². The minimum absolute atomic E-state index is 0.0286. The number of carboxylic acid groups (broad SMARTS) is 1. The summed E-state index contributed by atoms with van der Waals surface area (Å²) in [5.74, 6) is -1.12. The number of halogens is 1. The number of ether oxygens (including phenoxy) is 1. The molecule has 0 aliphatic heterocycles. The SMILES string of the molecule is COC(=O)c1cc(CCC(=O)O)ccc1CCl. The molecule has 0 aliphatic rings. The van der Waals surface area contributed by atoms with Crippen molar-refractivity contribution in [1.29, 1.82) is 0 Å². The summed E-state index contributed by atoms with van der Waals surface area (Å²) in [6.45, 7) is 0. The van der Waals surface area contributed by atoms with E-state index in [1.165, 1.54) is 7.11 Å². The second-order valence-corrected chi connectivity index (χ2v) is 3.78. The highest BCUT2D eigenvalue weighted by Gasteiger charge is 2.12. The molecule has 0 bridgehead atoms. The highest BCUT2D eigenvalue weighted by atomic mass is 35.5. The van der Waals surface area contributed by atoms with Crippen LogP contribution in [0.15, 0.2) is 18.2 Å². The first-order chi connectivity index (χ1) is 8.08. The number of aryl methyl sites for hydroxylation is 1. The van der Waals surface area contributed by atoms with Gasteiger partial charge in [0, 0.05) is 12.3 Å². The van der Waals surface area contributed by atoms with E-state index >= 15 is 0 Å². The monoisotopic (exact) mass is 256 g/mol. The van der Waals surface area contributed by atoms with E-state index in [-0.39, 0.29) is 12.3 Å². The minimum Gasteiger partial charge on any atom is -0.481 e.